The molecule has 0 saturated carbocycles. The van der Waals surface area contributed by atoms with Gasteiger partial charge in [0.1, 0.15) is 10.8 Å². The number of hydrogen-bond acceptors (Lipinski definition) is 4. The molecule has 1 atom stereocenters. The van der Waals surface area contributed by atoms with Crippen molar-refractivity contribution in [3.05, 3.63) is 59.0 Å². The van der Waals surface area contributed by atoms with Gasteiger partial charge in [-0.25, -0.2) is 9.37 Å². The van der Waals surface area contributed by atoms with Crippen molar-refractivity contribution in [2.75, 3.05) is 6.61 Å². The quantitative estimate of drug-likeness (QED) is 0.771. The lowest BCUT2D eigenvalue weighted by Crippen LogP contribution is -2.00. The maximum absolute atomic E-state index is 13.8. The number of rotatable bonds is 4. The Morgan fingerprint density at radius 1 is 1.22 bits per heavy atom. The van der Waals surface area contributed by atoms with E-state index < -0.39 is 0 Å². The van der Waals surface area contributed by atoms with Gasteiger partial charge in [-0.15, -0.1) is 11.3 Å². The molecular weight excluding hydrogens is 311 g/mol. The highest BCUT2D eigenvalue weighted by molar-refractivity contribution is 7.15. The number of halogens is 1. The lowest BCUT2D eigenvalue weighted by atomic mass is 10.1. The SMILES string of the molecule is Cc1sc(-c2ccc(-c3ccccc3F)nc2)nc1C(C)CO. The van der Waals surface area contributed by atoms with Crippen LogP contribution in [-0.2, 0) is 0 Å². The van der Waals surface area contributed by atoms with Gasteiger partial charge in [0.05, 0.1) is 18.0 Å². The smallest absolute Gasteiger partial charge is 0.132 e. The summed E-state index contributed by atoms with van der Waals surface area (Å²) in [6.45, 7) is 4.03. The second-order valence-electron chi connectivity index (χ2n) is 5.46. The van der Waals surface area contributed by atoms with E-state index in [2.05, 4.69) is 9.97 Å². The van der Waals surface area contributed by atoms with Crippen molar-refractivity contribution in [1.82, 2.24) is 9.97 Å². The molecule has 1 N–H and O–H groups in total. The van der Waals surface area contributed by atoms with Crippen molar-refractivity contribution >= 4 is 11.3 Å². The molecule has 0 spiro atoms. The van der Waals surface area contributed by atoms with Gasteiger partial charge in [0, 0.05) is 28.1 Å². The third-order valence-corrected chi connectivity index (χ3v) is 4.77. The summed E-state index contributed by atoms with van der Waals surface area (Å²) in [5.74, 6) is -0.262. The summed E-state index contributed by atoms with van der Waals surface area (Å²) in [7, 11) is 0. The second-order valence-corrected chi connectivity index (χ2v) is 6.66. The molecule has 0 aliphatic rings. The van der Waals surface area contributed by atoms with Gasteiger partial charge in [0.15, 0.2) is 0 Å². The van der Waals surface area contributed by atoms with Crippen LogP contribution >= 0.6 is 11.3 Å². The zero-order chi connectivity index (χ0) is 16.4. The van der Waals surface area contributed by atoms with Crippen LogP contribution in [0.4, 0.5) is 4.39 Å². The van der Waals surface area contributed by atoms with Gasteiger partial charge in [0.25, 0.3) is 0 Å². The van der Waals surface area contributed by atoms with Gasteiger partial charge in [-0.1, -0.05) is 19.1 Å². The fourth-order valence-corrected chi connectivity index (χ4v) is 3.45. The number of aromatic nitrogens is 2. The lowest BCUT2D eigenvalue weighted by molar-refractivity contribution is 0.271. The molecule has 3 aromatic rings. The Morgan fingerprint density at radius 3 is 2.65 bits per heavy atom. The summed E-state index contributed by atoms with van der Waals surface area (Å²) in [6.07, 6.45) is 1.72. The van der Waals surface area contributed by atoms with Crippen LogP contribution in [0.15, 0.2) is 42.6 Å². The predicted octanol–water partition coefficient (Wildman–Crippen LogP) is 4.42. The molecule has 0 radical (unpaired) electrons. The van der Waals surface area contributed by atoms with E-state index in [-0.39, 0.29) is 18.3 Å². The Morgan fingerprint density at radius 2 is 2.00 bits per heavy atom. The monoisotopic (exact) mass is 328 g/mol. The van der Waals surface area contributed by atoms with E-state index in [0.29, 0.717) is 11.3 Å². The van der Waals surface area contributed by atoms with E-state index in [0.717, 1.165) is 21.1 Å². The van der Waals surface area contributed by atoms with Crippen molar-refractivity contribution < 1.29 is 9.50 Å². The van der Waals surface area contributed by atoms with Crippen molar-refractivity contribution in [1.29, 1.82) is 0 Å². The summed E-state index contributed by atoms with van der Waals surface area (Å²) < 4.78 is 13.8. The molecule has 1 aromatic carbocycles. The summed E-state index contributed by atoms with van der Waals surface area (Å²) in [4.78, 5) is 10.1. The van der Waals surface area contributed by atoms with Crippen LogP contribution in [0, 0.1) is 12.7 Å². The molecule has 0 fully saturated rings. The third-order valence-electron chi connectivity index (χ3n) is 3.73. The van der Waals surface area contributed by atoms with Crippen LogP contribution in [0.1, 0.15) is 23.4 Å². The summed E-state index contributed by atoms with van der Waals surface area (Å²) in [5.41, 5.74) is 2.91. The molecule has 2 aromatic heterocycles. The van der Waals surface area contributed by atoms with Crippen LogP contribution in [-0.4, -0.2) is 21.7 Å². The van der Waals surface area contributed by atoms with Gasteiger partial charge < -0.3 is 5.11 Å². The molecule has 0 bridgehead atoms. The second kappa shape index (κ2) is 6.56. The van der Waals surface area contributed by atoms with Crippen molar-refractivity contribution in [3.8, 4) is 21.8 Å². The maximum Gasteiger partial charge on any atom is 0.132 e. The Balaban J connectivity index is 1.93. The first-order valence-electron chi connectivity index (χ1n) is 7.39. The van der Waals surface area contributed by atoms with Crippen LogP contribution in [0.3, 0.4) is 0 Å². The molecular formula is C18H17FN2OS. The van der Waals surface area contributed by atoms with Gasteiger partial charge in [0.2, 0.25) is 0 Å². The standard InChI is InChI=1S/C18H17FN2OS/c1-11(10-22)17-12(2)23-18(21-17)13-7-8-16(20-9-13)14-5-3-4-6-15(14)19/h3-9,11,22H,10H2,1-2H3. The summed E-state index contributed by atoms with van der Waals surface area (Å²) in [5, 5.41) is 10.2. The highest BCUT2D eigenvalue weighted by Crippen LogP contribution is 2.31. The molecule has 3 nitrogen and oxygen atoms in total. The topological polar surface area (TPSA) is 46.0 Å². The molecule has 118 valence electrons. The zero-order valence-corrected chi connectivity index (χ0v) is 13.8. The number of aryl methyl sites for hydroxylation is 1. The van der Waals surface area contributed by atoms with E-state index in [1.807, 2.05) is 19.9 Å². The fraction of sp³-hybridized carbons (Fsp3) is 0.222. The molecule has 2 heterocycles. The van der Waals surface area contributed by atoms with E-state index in [1.165, 1.54) is 6.07 Å². The molecule has 1 unspecified atom stereocenters. The lowest BCUT2D eigenvalue weighted by Gasteiger charge is -2.04. The predicted molar refractivity (Wildman–Crippen MR) is 91.0 cm³/mol. The molecule has 0 aliphatic heterocycles. The number of aliphatic hydroxyl groups is 1. The van der Waals surface area contributed by atoms with E-state index in [1.54, 1.807) is 41.8 Å². The Labute approximate surface area is 138 Å². The average Bonchev–Trinajstić information content (AvgIpc) is 2.97. The largest absolute Gasteiger partial charge is 0.396 e. The third kappa shape index (κ3) is 3.16. The number of hydrogen-bond donors (Lipinski definition) is 1. The molecule has 0 aliphatic carbocycles. The van der Waals surface area contributed by atoms with Gasteiger partial charge in [-0.2, -0.15) is 0 Å². The Kier molecular flexibility index (Phi) is 4.50. The minimum Gasteiger partial charge on any atom is -0.396 e. The molecule has 0 amide bonds. The molecule has 23 heavy (non-hydrogen) atoms. The van der Waals surface area contributed by atoms with E-state index in [9.17, 15) is 9.50 Å². The molecule has 3 rings (SSSR count). The minimum absolute atomic E-state index is 0.0191. The minimum atomic E-state index is -0.281. The summed E-state index contributed by atoms with van der Waals surface area (Å²) in [6, 6.07) is 10.3. The number of benzene rings is 1. The van der Waals surface area contributed by atoms with Crippen LogP contribution < -0.4 is 0 Å². The average molecular weight is 328 g/mol. The van der Waals surface area contributed by atoms with Crippen LogP contribution in [0.2, 0.25) is 0 Å². The van der Waals surface area contributed by atoms with E-state index >= 15 is 0 Å². The number of aliphatic hydroxyl groups excluding tert-OH is 1. The highest BCUT2D eigenvalue weighted by atomic mass is 32.1. The maximum atomic E-state index is 13.8. The first-order valence-corrected chi connectivity index (χ1v) is 8.21. The number of nitrogens with zero attached hydrogens (tertiary/aromatic N) is 2. The molecule has 0 saturated heterocycles. The van der Waals surface area contributed by atoms with Crippen molar-refractivity contribution in [2.45, 2.75) is 19.8 Å². The molecule has 5 heteroatoms. The fourth-order valence-electron chi connectivity index (χ4n) is 2.42. The van der Waals surface area contributed by atoms with Crippen LogP contribution in [0.25, 0.3) is 21.8 Å². The van der Waals surface area contributed by atoms with Crippen molar-refractivity contribution in [3.63, 3.8) is 0 Å². The summed E-state index contributed by atoms with van der Waals surface area (Å²) >= 11 is 1.58. The van der Waals surface area contributed by atoms with Gasteiger partial charge >= 0.3 is 0 Å². The van der Waals surface area contributed by atoms with E-state index in [4.69, 9.17) is 0 Å². The van der Waals surface area contributed by atoms with Gasteiger partial charge in [-0.05, 0) is 31.2 Å². The first kappa shape index (κ1) is 15.8. The first-order chi connectivity index (χ1) is 11.1. The van der Waals surface area contributed by atoms with Crippen molar-refractivity contribution in [2.24, 2.45) is 0 Å². The normalized spacial score (nSPS) is 12.3. The zero-order valence-electron chi connectivity index (χ0n) is 13.0. The highest BCUT2D eigenvalue weighted by Gasteiger charge is 2.15. The van der Waals surface area contributed by atoms with Gasteiger partial charge in [-0.3, -0.25) is 4.98 Å². The Bertz CT molecular complexity index is 814. The number of pyridine rings is 1. The number of thiazole rings is 1. The van der Waals surface area contributed by atoms with Crippen LogP contribution in [0.5, 0.6) is 0 Å². The Hall–Kier alpha value is -2.11.